The molecule has 0 radical (unpaired) electrons. The fourth-order valence-corrected chi connectivity index (χ4v) is 2.78. The molecule has 0 saturated carbocycles. The SMILES string of the molecule is CC(C)CSc1ccc2c(c1)NCC(C(C)C)O2. The average Bonchev–Trinajstić information content (AvgIpc) is 2.35. The van der Waals surface area contributed by atoms with Gasteiger partial charge in [-0.15, -0.1) is 11.8 Å². The highest BCUT2D eigenvalue weighted by molar-refractivity contribution is 7.99. The molecule has 0 aliphatic carbocycles. The van der Waals surface area contributed by atoms with Crippen LogP contribution in [0.4, 0.5) is 5.69 Å². The molecular weight excluding hydrogens is 242 g/mol. The molecule has 1 atom stereocenters. The molecule has 1 aromatic rings. The van der Waals surface area contributed by atoms with Crippen LogP contribution >= 0.6 is 11.8 Å². The van der Waals surface area contributed by atoms with E-state index in [0.717, 1.165) is 29.7 Å². The summed E-state index contributed by atoms with van der Waals surface area (Å²) in [6.45, 7) is 9.80. The molecule has 2 rings (SSSR count). The Kier molecular flexibility index (Phi) is 4.44. The van der Waals surface area contributed by atoms with Crippen LogP contribution in [0.3, 0.4) is 0 Å². The van der Waals surface area contributed by atoms with Crippen molar-refractivity contribution in [3.05, 3.63) is 18.2 Å². The first-order chi connectivity index (χ1) is 8.56. The van der Waals surface area contributed by atoms with Crippen LogP contribution in [0.2, 0.25) is 0 Å². The number of nitrogens with one attached hydrogen (secondary N) is 1. The van der Waals surface area contributed by atoms with Crippen LogP contribution in [0.25, 0.3) is 0 Å². The first kappa shape index (κ1) is 13.6. The van der Waals surface area contributed by atoms with E-state index in [1.807, 2.05) is 11.8 Å². The molecule has 1 aromatic carbocycles. The van der Waals surface area contributed by atoms with E-state index in [2.05, 4.69) is 51.2 Å². The maximum Gasteiger partial charge on any atom is 0.143 e. The van der Waals surface area contributed by atoms with Gasteiger partial charge in [0.2, 0.25) is 0 Å². The van der Waals surface area contributed by atoms with Gasteiger partial charge >= 0.3 is 0 Å². The second kappa shape index (κ2) is 5.87. The quantitative estimate of drug-likeness (QED) is 0.822. The maximum atomic E-state index is 6.00. The highest BCUT2D eigenvalue weighted by Gasteiger charge is 2.22. The van der Waals surface area contributed by atoms with Gasteiger partial charge in [0.05, 0.1) is 12.2 Å². The summed E-state index contributed by atoms with van der Waals surface area (Å²) in [5.41, 5.74) is 1.14. The molecule has 0 spiro atoms. The zero-order valence-corrected chi connectivity index (χ0v) is 12.5. The summed E-state index contributed by atoms with van der Waals surface area (Å²) < 4.78 is 6.00. The van der Waals surface area contributed by atoms with Crippen molar-refractivity contribution < 1.29 is 4.74 Å². The van der Waals surface area contributed by atoms with Crippen molar-refractivity contribution in [2.45, 2.75) is 38.7 Å². The van der Waals surface area contributed by atoms with Crippen molar-refractivity contribution in [2.75, 3.05) is 17.6 Å². The zero-order chi connectivity index (χ0) is 13.1. The van der Waals surface area contributed by atoms with Crippen LogP contribution in [0.5, 0.6) is 5.75 Å². The van der Waals surface area contributed by atoms with Crippen LogP contribution < -0.4 is 10.1 Å². The Balaban J connectivity index is 2.05. The standard InChI is InChI=1S/C15H23NOS/c1-10(2)9-18-12-5-6-14-13(7-12)16-8-15(17-14)11(3)4/h5-7,10-11,15-16H,8-9H2,1-4H3. The van der Waals surface area contributed by atoms with Gasteiger partial charge in [-0.05, 0) is 30.0 Å². The Bertz CT molecular complexity index is 403. The van der Waals surface area contributed by atoms with Gasteiger partial charge in [-0.3, -0.25) is 0 Å². The predicted octanol–water partition coefficient (Wildman–Crippen LogP) is 4.26. The highest BCUT2D eigenvalue weighted by atomic mass is 32.2. The lowest BCUT2D eigenvalue weighted by molar-refractivity contribution is 0.156. The lowest BCUT2D eigenvalue weighted by Crippen LogP contribution is -2.34. The minimum Gasteiger partial charge on any atom is -0.486 e. The van der Waals surface area contributed by atoms with E-state index in [1.165, 1.54) is 4.90 Å². The van der Waals surface area contributed by atoms with Gasteiger partial charge in [-0.1, -0.05) is 27.7 Å². The van der Waals surface area contributed by atoms with E-state index in [9.17, 15) is 0 Å². The third-order valence-electron chi connectivity index (χ3n) is 3.05. The second-order valence-electron chi connectivity index (χ2n) is 5.64. The Labute approximate surface area is 114 Å². The lowest BCUT2D eigenvalue weighted by atomic mass is 10.1. The predicted molar refractivity (Wildman–Crippen MR) is 79.7 cm³/mol. The van der Waals surface area contributed by atoms with Gasteiger partial charge in [0, 0.05) is 10.6 Å². The van der Waals surface area contributed by atoms with Crippen LogP contribution in [0.15, 0.2) is 23.1 Å². The Morgan fingerprint density at radius 2 is 2.11 bits per heavy atom. The minimum atomic E-state index is 0.284. The maximum absolute atomic E-state index is 6.00. The second-order valence-corrected chi connectivity index (χ2v) is 6.74. The number of benzene rings is 1. The number of thioether (sulfide) groups is 1. The van der Waals surface area contributed by atoms with Crippen molar-refractivity contribution in [2.24, 2.45) is 11.8 Å². The van der Waals surface area contributed by atoms with Gasteiger partial charge in [0.25, 0.3) is 0 Å². The van der Waals surface area contributed by atoms with E-state index in [0.29, 0.717) is 5.92 Å². The molecule has 1 heterocycles. The highest BCUT2D eigenvalue weighted by Crippen LogP contribution is 2.34. The third kappa shape index (κ3) is 3.35. The molecule has 2 nitrogen and oxygen atoms in total. The summed E-state index contributed by atoms with van der Waals surface area (Å²) in [4.78, 5) is 1.32. The van der Waals surface area contributed by atoms with E-state index in [1.54, 1.807) is 0 Å². The Hall–Kier alpha value is -0.830. The topological polar surface area (TPSA) is 21.3 Å². The molecule has 3 heteroatoms. The lowest BCUT2D eigenvalue weighted by Gasteiger charge is -2.30. The first-order valence-electron chi connectivity index (χ1n) is 6.73. The minimum absolute atomic E-state index is 0.284. The summed E-state index contributed by atoms with van der Waals surface area (Å²) in [7, 11) is 0. The zero-order valence-electron chi connectivity index (χ0n) is 11.7. The number of fused-ring (bicyclic) bond motifs is 1. The monoisotopic (exact) mass is 265 g/mol. The molecule has 0 amide bonds. The van der Waals surface area contributed by atoms with Crippen molar-refractivity contribution >= 4 is 17.4 Å². The van der Waals surface area contributed by atoms with Crippen LogP contribution in [0.1, 0.15) is 27.7 Å². The molecule has 1 N–H and O–H groups in total. The molecular formula is C15H23NOS. The van der Waals surface area contributed by atoms with E-state index in [-0.39, 0.29) is 6.10 Å². The molecule has 0 fully saturated rings. The first-order valence-corrected chi connectivity index (χ1v) is 7.72. The van der Waals surface area contributed by atoms with E-state index >= 15 is 0 Å². The summed E-state index contributed by atoms with van der Waals surface area (Å²) >= 11 is 1.91. The number of ether oxygens (including phenoxy) is 1. The van der Waals surface area contributed by atoms with Crippen molar-refractivity contribution in [1.29, 1.82) is 0 Å². The van der Waals surface area contributed by atoms with Gasteiger partial charge in [0.15, 0.2) is 0 Å². The van der Waals surface area contributed by atoms with Crippen LogP contribution in [-0.2, 0) is 0 Å². The van der Waals surface area contributed by atoms with Gasteiger partial charge in [-0.2, -0.15) is 0 Å². The normalized spacial score (nSPS) is 18.4. The molecule has 1 aliphatic heterocycles. The fourth-order valence-electron chi connectivity index (χ4n) is 1.89. The molecule has 1 aliphatic rings. The van der Waals surface area contributed by atoms with Crippen molar-refractivity contribution in [1.82, 2.24) is 0 Å². The molecule has 0 bridgehead atoms. The molecule has 0 aromatic heterocycles. The summed E-state index contributed by atoms with van der Waals surface area (Å²) in [6, 6.07) is 6.47. The molecule has 0 saturated heterocycles. The van der Waals surface area contributed by atoms with Gasteiger partial charge in [0.1, 0.15) is 11.9 Å². The van der Waals surface area contributed by atoms with Crippen LogP contribution in [0, 0.1) is 11.8 Å². The number of hydrogen-bond acceptors (Lipinski definition) is 3. The summed E-state index contributed by atoms with van der Waals surface area (Å²) in [6.07, 6.45) is 0.284. The molecule has 18 heavy (non-hydrogen) atoms. The third-order valence-corrected chi connectivity index (χ3v) is 4.47. The van der Waals surface area contributed by atoms with E-state index < -0.39 is 0 Å². The van der Waals surface area contributed by atoms with Gasteiger partial charge in [-0.25, -0.2) is 0 Å². The molecule has 100 valence electrons. The van der Waals surface area contributed by atoms with E-state index in [4.69, 9.17) is 4.74 Å². The summed E-state index contributed by atoms with van der Waals surface area (Å²) in [5, 5.41) is 3.48. The smallest absolute Gasteiger partial charge is 0.143 e. The van der Waals surface area contributed by atoms with Crippen molar-refractivity contribution in [3.8, 4) is 5.75 Å². The van der Waals surface area contributed by atoms with Crippen molar-refractivity contribution in [3.63, 3.8) is 0 Å². The summed E-state index contributed by atoms with van der Waals surface area (Å²) in [5.74, 6) is 3.42. The fraction of sp³-hybridized carbons (Fsp3) is 0.600. The largest absolute Gasteiger partial charge is 0.486 e. The van der Waals surface area contributed by atoms with Gasteiger partial charge < -0.3 is 10.1 Å². The number of hydrogen-bond donors (Lipinski definition) is 1. The Morgan fingerprint density at radius 3 is 2.78 bits per heavy atom. The number of anilines is 1. The molecule has 1 unspecified atom stereocenters. The number of rotatable bonds is 4. The Morgan fingerprint density at radius 1 is 1.33 bits per heavy atom. The van der Waals surface area contributed by atoms with Crippen LogP contribution in [-0.4, -0.2) is 18.4 Å². The average molecular weight is 265 g/mol.